The molecule has 1 aliphatic carbocycles. The first-order chi connectivity index (χ1) is 14.5. The van der Waals surface area contributed by atoms with Crippen LogP contribution < -0.4 is 5.32 Å². The molecule has 0 unspecified atom stereocenters. The Morgan fingerprint density at radius 3 is 2.23 bits per heavy atom. The van der Waals surface area contributed by atoms with Gasteiger partial charge in [0.15, 0.2) is 0 Å². The highest BCUT2D eigenvalue weighted by molar-refractivity contribution is 6.04. The van der Waals surface area contributed by atoms with Gasteiger partial charge >= 0.3 is 0 Å². The molecule has 30 heavy (non-hydrogen) atoms. The van der Waals surface area contributed by atoms with E-state index in [9.17, 15) is 4.79 Å². The average molecular weight is 397 g/mol. The van der Waals surface area contributed by atoms with Crippen molar-refractivity contribution in [2.45, 2.75) is 19.8 Å². The zero-order valence-corrected chi connectivity index (χ0v) is 17.9. The van der Waals surface area contributed by atoms with Gasteiger partial charge in [0.1, 0.15) is 0 Å². The lowest BCUT2D eigenvalue weighted by atomic mass is 9.91. The standard InChI is InChI=1S/C27H28N2O/c1-19-4-7-21(8-5-19)22-10-12-23(13-11-22)27(30)28-26-15-14-24-16-20(18-29(2)3)6-9-25(24)17-26/h4-5,7-8,10-17H,6,9,18H2,1-3H3,(H,28,30). The van der Waals surface area contributed by atoms with Crippen molar-refractivity contribution >= 4 is 17.7 Å². The lowest BCUT2D eigenvalue weighted by molar-refractivity contribution is 0.102. The van der Waals surface area contributed by atoms with E-state index < -0.39 is 0 Å². The predicted octanol–water partition coefficient (Wildman–Crippen LogP) is 5.81. The van der Waals surface area contributed by atoms with Crippen LogP contribution in [0.25, 0.3) is 17.2 Å². The van der Waals surface area contributed by atoms with Crippen LogP contribution in [-0.4, -0.2) is 31.4 Å². The molecule has 1 N–H and O–H groups in total. The zero-order valence-electron chi connectivity index (χ0n) is 17.9. The van der Waals surface area contributed by atoms with E-state index in [1.807, 2.05) is 30.3 Å². The maximum absolute atomic E-state index is 12.7. The second-order valence-electron chi connectivity index (χ2n) is 8.35. The van der Waals surface area contributed by atoms with Crippen LogP contribution in [0.1, 0.15) is 33.5 Å². The van der Waals surface area contributed by atoms with Crippen LogP contribution >= 0.6 is 0 Å². The van der Waals surface area contributed by atoms with Crippen LogP contribution in [0, 0.1) is 6.92 Å². The summed E-state index contributed by atoms with van der Waals surface area (Å²) in [5.41, 5.74) is 9.04. The fourth-order valence-electron chi connectivity index (χ4n) is 3.92. The quantitative estimate of drug-likeness (QED) is 0.591. The zero-order chi connectivity index (χ0) is 21.1. The summed E-state index contributed by atoms with van der Waals surface area (Å²) in [5.74, 6) is -0.0787. The van der Waals surface area contributed by atoms with Crippen LogP contribution in [0.4, 0.5) is 5.69 Å². The molecule has 152 valence electrons. The van der Waals surface area contributed by atoms with Gasteiger partial charge in [0, 0.05) is 17.8 Å². The molecule has 0 radical (unpaired) electrons. The minimum Gasteiger partial charge on any atom is -0.322 e. The van der Waals surface area contributed by atoms with Gasteiger partial charge in [-0.15, -0.1) is 0 Å². The Kier molecular flexibility index (Phi) is 5.82. The Labute approximate surface area is 179 Å². The number of nitrogens with zero attached hydrogens (tertiary/aromatic N) is 1. The van der Waals surface area contributed by atoms with E-state index in [1.54, 1.807) is 0 Å². The first-order valence-corrected chi connectivity index (χ1v) is 10.4. The molecule has 3 nitrogen and oxygen atoms in total. The smallest absolute Gasteiger partial charge is 0.255 e. The fraction of sp³-hybridized carbons (Fsp3) is 0.222. The number of carbonyl (C=O) groups excluding carboxylic acids is 1. The summed E-state index contributed by atoms with van der Waals surface area (Å²) in [6.07, 6.45) is 4.38. The van der Waals surface area contributed by atoms with Crippen molar-refractivity contribution in [3.8, 4) is 11.1 Å². The van der Waals surface area contributed by atoms with Crippen LogP contribution in [0.5, 0.6) is 0 Å². The summed E-state index contributed by atoms with van der Waals surface area (Å²) in [6.45, 7) is 3.08. The number of likely N-dealkylation sites (N-methyl/N-ethyl adjacent to an activating group) is 1. The number of aryl methyl sites for hydroxylation is 2. The van der Waals surface area contributed by atoms with Crippen molar-refractivity contribution in [1.29, 1.82) is 0 Å². The largest absolute Gasteiger partial charge is 0.322 e. The van der Waals surface area contributed by atoms with Crippen LogP contribution in [0.3, 0.4) is 0 Å². The number of nitrogens with one attached hydrogen (secondary N) is 1. The van der Waals surface area contributed by atoms with Gasteiger partial charge in [-0.2, -0.15) is 0 Å². The summed E-state index contributed by atoms with van der Waals surface area (Å²) in [4.78, 5) is 14.9. The van der Waals surface area contributed by atoms with Crippen LogP contribution in [-0.2, 0) is 6.42 Å². The average Bonchev–Trinajstić information content (AvgIpc) is 2.74. The summed E-state index contributed by atoms with van der Waals surface area (Å²) >= 11 is 0. The minimum absolute atomic E-state index is 0.0787. The second kappa shape index (κ2) is 8.68. The molecular formula is C27H28N2O. The lowest BCUT2D eigenvalue weighted by Crippen LogP contribution is -2.17. The summed E-state index contributed by atoms with van der Waals surface area (Å²) in [5, 5.41) is 3.05. The molecule has 0 aromatic heterocycles. The van der Waals surface area contributed by atoms with Gasteiger partial charge in [0.05, 0.1) is 0 Å². The monoisotopic (exact) mass is 396 g/mol. The Bertz CT molecular complexity index is 1080. The molecule has 1 aliphatic rings. The highest BCUT2D eigenvalue weighted by Crippen LogP contribution is 2.27. The van der Waals surface area contributed by atoms with Crippen LogP contribution in [0.15, 0.2) is 72.3 Å². The van der Waals surface area contributed by atoms with Gasteiger partial charge in [0.2, 0.25) is 0 Å². The van der Waals surface area contributed by atoms with Crippen molar-refractivity contribution in [2.75, 3.05) is 26.0 Å². The SMILES string of the molecule is Cc1ccc(-c2ccc(C(=O)Nc3ccc4c(c3)CCC(CN(C)C)=C4)cc2)cc1. The normalized spacial score (nSPS) is 13.0. The highest BCUT2D eigenvalue weighted by Gasteiger charge is 2.13. The van der Waals surface area contributed by atoms with Crippen molar-refractivity contribution in [1.82, 2.24) is 4.90 Å². The molecule has 3 aromatic carbocycles. The van der Waals surface area contributed by atoms with Crippen molar-refractivity contribution < 1.29 is 4.79 Å². The molecule has 1 amide bonds. The molecule has 0 saturated carbocycles. The Morgan fingerprint density at radius 2 is 1.57 bits per heavy atom. The van der Waals surface area contributed by atoms with E-state index in [4.69, 9.17) is 0 Å². The number of anilines is 1. The van der Waals surface area contributed by atoms with Crippen molar-refractivity contribution in [3.63, 3.8) is 0 Å². The number of rotatable bonds is 5. The third-order valence-electron chi connectivity index (χ3n) is 5.53. The minimum atomic E-state index is -0.0787. The molecule has 0 atom stereocenters. The lowest BCUT2D eigenvalue weighted by Gasteiger charge is -2.20. The number of fused-ring (bicyclic) bond motifs is 1. The van der Waals surface area contributed by atoms with E-state index in [0.717, 1.165) is 36.2 Å². The number of hydrogen-bond acceptors (Lipinski definition) is 2. The molecule has 0 saturated heterocycles. The third kappa shape index (κ3) is 4.69. The van der Waals surface area contributed by atoms with E-state index in [-0.39, 0.29) is 5.91 Å². The van der Waals surface area contributed by atoms with Gasteiger partial charge in [-0.25, -0.2) is 0 Å². The molecule has 0 heterocycles. The van der Waals surface area contributed by atoms with E-state index in [1.165, 1.54) is 22.3 Å². The van der Waals surface area contributed by atoms with Crippen molar-refractivity contribution in [3.05, 3.63) is 94.6 Å². The van der Waals surface area contributed by atoms with E-state index >= 15 is 0 Å². The number of benzene rings is 3. The predicted molar refractivity (Wildman–Crippen MR) is 126 cm³/mol. The second-order valence-corrected chi connectivity index (χ2v) is 8.35. The topological polar surface area (TPSA) is 32.3 Å². The molecule has 3 heteroatoms. The van der Waals surface area contributed by atoms with Crippen molar-refractivity contribution in [2.24, 2.45) is 0 Å². The number of amides is 1. The molecule has 4 rings (SSSR count). The Hall–Kier alpha value is -3.17. The molecule has 3 aromatic rings. The van der Waals surface area contributed by atoms with Gasteiger partial charge in [-0.05, 0) is 80.4 Å². The van der Waals surface area contributed by atoms with Gasteiger partial charge < -0.3 is 10.2 Å². The fourth-order valence-corrected chi connectivity index (χ4v) is 3.92. The molecule has 0 bridgehead atoms. The Morgan fingerprint density at radius 1 is 0.900 bits per heavy atom. The first kappa shape index (κ1) is 20.1. The number of hydrogen-bond donors (Lipinski definition) is 1. The van der Waals surface area contributed by atoms with E-state index in [2.05, 4.69) is 73.7 Å². The van der Waals surface area contributed by atoms with Crippen LogP contribution in [0.2, 0.25) is 0 Å². The maximum Gasteiger partial charge on any atom is 0.255 e. The van der Waals surface area contributed by atoms with E-state index in [0.29, 0.717) is 5.56 Å². The van der Waals surface area contributed by atoms with Gasteiger partial charge in [-0.3, -0.25) is 4.79 Å². The Balaban J connectivity index is 1.45. The summed E-state index contributed by atoms with van der Waals surface area (Å²) in [6, 6.07) is 22.4. The van der Waals surface area contributed by atoms with Gasteiger partial charge in [-0.1, -0.05) is 59.7 Å². The van der Waals surface area contributed by atoms with Gasteiger partial charge in [0.25, 0.3) is 5.91 Å². The first-order valence-electron chi connectivity index (χ1n) is 10.4. The molecule has 0 fully saturated rings. The molecular weight excluding hydrogens is 368 g/mol. The third-order valence-corrected chi connectivity index (χ3v) is 5.53. The number of carbonyl (C=O) groups is 1. The summed E-state index contributed by atoms with van der Waals surface area (Å²) < 4.78 is 0. The maximum atomic E-state index is 12.7. The highest BCUT2D eigenvalue weighted by atomic mass is 16.1. The summed E-state index contributed by atoms with van der Waals surface area (Å²) in [7, 11) is 4.20. The molecule has 0 aliphatic heterocycles. The molecule has 0 spiro atoms.